The molecule has 0 saturated carbocycles. The number of alkyl halides is 3. The van der Waals surface area contributed by atoms with Crippen LogP contribution in [0.1, 0.15) is 44.7 Å². The SMILES string of the molecule is CCCCC(=O)NC1CCN(c2ncnc3c2nc(-c2ccccc2Cl)n3-c2ccc(C(F)(F)F)nc2)CC1. The molecule has 204 valence electrons. The van der Waals surface area contributed by atoms with Crippen molar-refractivity contribution in [3.05, 3.63) is 59.6 Å². The number of hydrogen-bond acceptors (Lipinski definition) is 6. The fourth-order valence-corrected chi connectivity index (χ4v) is 4.96. The van der Waals surface area contributed by atoms with E-state index in [2.05, 4.69) is 32.1 Å². The molecule has 1 N–H and O–H groups in total. The average molecular weight is 558 g/mol. The normalized spacial score (nSPS) is 14.6. The van der Waals surface area contributed by atoms with Crippen LogP contribution in [0, 0.1) is 0 Å². The predicted octanol–water partition coefficient (Wildman–Crippen LogP) is 5.82. The van der Waals surface area contributed by atoms with Crippen LogP contribution in [0.25, 0.3) is 28.2 Å². The third-order valence-corrected chi connectivity index (χ3v) is 7.08. The zero-order valence-corrected chi connectivity index (χ0v) is 22.0. The van der Waals surface area contributed by atoms with E-state index in [4.69, 9.17) is 16.6 Å². The highest BCUT2D eigenvalue weighted by molar-refractivity contribution is 6.33. The molecule has 0 radical (unpaired) electrons. The van der Waals surface area contributed by atoms with Gasteiger partial charge in [-0.25, -0.2) is 19.9 Å². The lowest BCUT2D eigenvalue weighted by molar-refractivity contribution is -0.141. The monoisotopic (exact) mass is 557 g/mol. The van der Waals surface area contributed by atoms with Crippen LogP contribution >= 0.6 is 11.6 Å². The highest BCUT2D eigenvalue weighted by atomic mass is 35.5. The molecule has 4 heterocycles. The lowest BCUT2D eigenvalue weighted by Crippen LogP contribution is -2.45. The summed E-state index contributed by atoms with van der Waals surface area (Å²) in [5.41, 5.74) is 0.884. The number of unbranched alkanes of at least 4 members (excludes halogenated alkanes) is 1. The maximum absolute atomic E-state index is 13.2. The molecular formula is C27H27ClF3N7O. The minimum atomic E-state index is -4.56. The van der Waals surface area contributed by atoms with Crippen molar-refractivity contribution in [3.63, 3.8) is 0 Å². The first-order chi connectivity index (χ1) is 18.8. The third kappa shape index (κ3) is 5.68. The maximum atomic E-state index is 13.2. The molecule has 1 amide bonds. The van der Waals surface area contributed by atoms with Crippen molar-refractivity contribution in [2.75, 3.05) is 18.0 Å². The Balaban J connectivity index is 1.51. The molecule has 1 aliphatic rings. The van der Waals surface area contributed by atoms with E-state index < -0.39 is 11.9 Å². The number of aromatic nitrogens is 5. The number of carbonyl (C=O) groups excluding carboxylic acids is 1. The van der Waals surface area contributed by atoms with Crippen LogP contribution in [0.2, 0.25) is 5.02 Å². The number of benzene rings is 1. The van der Waals surface area contributed by atoms with Crippen molar-refractivity contribution in [1.29, 1.82) is 0 Å². The summed E-state index contributed by atoms with van der Waals surface area (Å²) in [4.78, 5) is 31.7. The van der Waals surface area contributed by atoms with Gasteiger partial charge < -0.3 is 10.2 Å². The van der Waals surface area contributed by atoms with Crippen LogP contribution in [0.3, 0.4) is 0 Å². The zero-order valence-electron chi connectivity index (χ0n) is 21.2. The summed E-state index contributed by atoms with van der Waals surface area (Å²) < 4.78 is 41.2. The Morgan fingerprint density at radius 3 is 2.54 bits per heavy atom. The number of pyridine rings is 1. The number of fused-ring (bicyclic) bond motifs is 1. The Morgan fingerprint density at radius 1 is 1.10 bits per heavy atom. The first kappa shape index (κ1) is 26.9. The van der Waals surface area contributed by atoms with Crippen molar-refractivity contribution in [1.82, 2.24) is 29.8 Å². The van der Waals surface area contributed by atoms with Gasteiger partial charge in [0, 0.05) is 31.1 Å². The van der Waals surface area contributed by atoms with Gasteiger partial charge in [0.05, 0.1) is 16.9 Å². The summed E-state index contributed by atoms with van der Waals surface area (Å²) in [6.45, 7) is 3.36. The average Bonchev–Trinajstić information content (AvgIpc) is 3.32. The van der Waals surface area contributed by atoms with Crippen molar-refractivity contribution in [2.45, 2.75) is 51.2 Å². The Kier molecular flexibility index (Phi) is 7.69. The molecule has 4 aromatic rings. The highest BCUT2D eigenvalue weighted by Crippen LogP contribution is 2.35. The summed E-state index contributed by atoms with van der Waals surface area (Å²) in [7, 11) is 0. The smallest absolute Gasteiger partial charge is 0.355 e. The number of anilines is 1. The fraction of sp³-hybridized carbons (Fsp3) is 0.370. The molecule has 0 bridgehead atoms. The van der Waals surface area contributed by atoms with Crippen LogP contribution in [-0.4, -0.2) is 49.5 Å². The van der Waals surface area contributed by atoms with E-state index in [1.54, 1.807) is 22.8 Å². The molecule has 1 fully saturated rings. The number of imidazole rings is 1. The molecule has 1 aliphatic heterocycles. The van der Waals surface area contributed by atoms with E-state index in [0.29, 0.717) is 58.6 Å². The Morgan fingerprint density at radius 2 is 1.87 bits per heavy atom. The van der Waals surface area contributed by atoms with Gasteiger partial charge in [0.25, 0.3) is 0 Å². The fourth-order valence-electron chi connectivity index (χ4n) is 4.74. The van der Waals surface area contributed by atoms with E-state index in [9.17, 15) is 18.0 Å². The molecular weight excluding hydrogens is 531 g/mol. The number of carbonyl (C=O) groups is 1. The molecule has 0 unspecified atom stereocenters. The quantitative estimate of drug-likeness (QED) is 0.308. The minimum absolute atomic E-state index is 0.0769. The Bertz CT molecular complexity index is 1460. The van der Waals surface area contributed by atoms with Crippen molar-refractivity contribution in [3.8, 4) is 17.1 Å². The Hall–Kier alpha value is -3.73. The van der Waals surface area contributed by atoms with E-state index in [0.717, 1.165) is 37.9 Å². The minimum Gasteiger partial charge on any atom is -0.355 e. The van der Waals surface area contributed by atoms with Crippen LogP contribution < -0.4 is 10.2 Å². The van der Waals surface area contributed by atoms with Gasteiger partial charge in [-0.3, -0.25) is 9.36 Å². The number of nitrogens with one attached hydrogen (secondary N) is 1. The molecule has 8 nitrogen and oxygen atoms in total. The van der Waals surface area contributed by atoms with E-state index >= 15 is 0 Å². The van der Waals surface area contributed by atoms with Crippen molar-refractivity contribution >= 4 is 34.5 Å². The molecule has 12 heteroatoms. The van der Waals surface area contributed by atoms with Gasteiger partial charge in [-0.15, -0.1) is 0 Å². The van der Waals surface area contributed by atoms with Gasteiger partial charge in [0.1, 0.15) is 17.8 Å². The number of rotatable bonds is 7. The van der Waals surface area contributed by atoms with Gasteiger partial charge in [0.2, 0.25) is 5.91 Å². The lowest BCUT2D eigenvalue weighted by atomic mass is 10.0. The first-order valence-electron chi connectivity index (χ1n) is 12.8. The standard InChI is InChI=1S/C27H27ClF3N7O/c1-2-3-8-22(39)35-17-11-13-37(14-12-17)25-23-26(34-16-33-25)38(18-9-10-21(32-15-18)27(29,30)31)24(36-23)19-6-4-5-7-20(19)28/h4-7,9-10,15-17H,2-3,8,11-14H2,1H3,(H,35,39). The second-order valence-electron chi connectivity index (χ2n) is 9.45. The van der Waals surface area contributed by atoms with Crippen molar-refractivity contribution in [2.24, 2.45) is 0 Å². The molecule has 0 aliphatic carbocycles. The first-order valence-corrected chi connectivity index (χ1v) is 13.2. The Labute approximate surface area is 228 Å². The van der Waals surface area contributed by atoms with Crippen LogP contribution in [0.4, 0.5) is 19.0 Å². The van der Waals surface area contributed by atoms with E-state index in [1.807, 2.05) is 6.07 Å². The molecule has 3 aromatic heterocycles. The summed E-state index contributed by atoms with van der Waals surface area (Å²) in [6, 6.07) is 9.47. The topological polar surface area (TPSA) is 88.8 Å². The summed E-state index contributed by atoms with van der Waals surface area (Å²) >= 11 is 6.51. The molecule has 1 saturated heterocycles. The van der Waals surface area contributed by atoms with Crippen LogP contribution in [-0.2, 0) is 11.0 Å². The third-order valence-electron chi connectivity index (χ3n) is 6.75. The largest absolute Gasteiger partial charge is 0.433 e. The molecule has 0 atom stereocenters. The van der Waals surface area contributed by atoms with Gasteiger partial charge in [-0.2, -0.15) is 13.2 Å². The number of nitrogens with zero attached hydrogens (tertiary/aromatic N) is 6. The van der Waals surface area contributed by atoms with E-state index in [1.165, 1.54) is 12.4 Å². The highest BCUT2D eigenvalue weighted by Gasteiger charge is 2.32. The second kappa shape index (κ2) is 11.2. The summed E-state index contributed by atoms with van der Waals surface area (Å²) in [5, 5.41) is 3.55. The predicted molar refractivity (Wildman–Crippen MR) is 143 cm³/mol. The number of amides is 1. The lowest BCUT2D eigenvalue weighted by Gasteiger charge is -2.33. The van der Waals surface area contributed by atoms with Crippen molar-refractivity contribution < 1.29 is 18.0 Å². The zero-order chi connectivity index (χ0) is 27.6. The summed E-state index contributed by atoms with van der Waals surface area (Å²) in [6.07, 6.45) is 1.90. The molecule has 0 spiro atoms. The molecule has 1 aromatic carbocycles. The van der Waals surface area contributed by atoms with Gasteiger partial charge in [-0.05, 0) is 43.5 Å². The number of piperidine rings is 1. The van der Waals surface area contributed by atoms with Crippen LogP contribution in [0.5, 0.6) is 0 Å². The summed E-state index contributed by atoms with van der Waals surface area (Å²) in [5.74, 6) is 1.10. The van der Waals surface area contributed by atoms with Gasteiger partial charge in [0.15, 0.2) is 17.0 Å². The maximum Gasteiger partial charge on any atom is 0.433 e. The van der Waals surface area contributed by atoms with Crippen LogP contribution in [0.15, 0.2) is 48.9 Å². The van der Waals surface area contributed by atoms with Gasteiger partial charge in [-0.1, -0.05) is 37.1 Å². The molecule has 39 heavy (non-hydrogen) atoms. The van der Waals surface area contributed by atoms with E-state index in [-0.39, 0.29) is 11.9 Å². The number of halogens is 4. The molecule has 5 rings (SSSR count). The second-order valence-corrected chi connectivity index (χ2v) is 9.86. The van der Waals surface area contributed by atoms with Gasteiger partial charge >= 0.3 is 6.18 Å². The number of hydrogen-bond donors (Lipinski definition) is 1.